The summed E-state index contributed by atoms with van der Waals surface area (Å²) in [5, 5.41) is 11.3. The molecule has 0 radical (unpaired) electrons. The van der Waals surface area contributed by atoms with Gasteiger partial charge in [-0.2, -0.15) is 0 Å². The van der Waals surface area contributed by atoms with Crippen molar-refractivity contribution < 1.29 is 4.74 Å². The summed E-state index contributed by atoms with van der Waals surface area (Å²) in [5.74, 6) is 2.18. The monoisotopic (exact) mass is 467 g/mol. The Hall–Kier alpha value is -1.66. The van der Waals surface area contributed by atoms with Gasteiger partial charge in [-0.1, -0.05) is 58.7 Å². The lowest BCUT2D eigenvalue weighted by atomic mass is 10.1. The molecule has 2 aromatic carbocycles. The number of halogens is 3. The molecule has 0 aliphatic carbocycles. The minimum atomic E-state index is 0.300. The van der Waals surface area contributed by atoms with E-state index in [2.05, 4.69) is 16.8 Å². The second-order valence-electron chi connectivity index (χ2n) is 6.49. The maximum absolute atomic E-state index is 6.23. The molecule has 0 bridgehead atoms. The van der Waals surface area contributed by atoms with Gasteiger partial charge in [-0.15, -0.1) is 16.8 Å². The number of nitrogens with zero attached hydrogens (tertiary/aromatic N) is 3. The minimum Gasteiger partial charge on any atom is -0.486 e. The average molecular weight is 469 g/mol. The zero-order chi connectivity index (χ0) is 21.0. The lowest BCUT2D eigenvalue weighted by molar-refractivity contribution is 0.289. The number of rotatable bonds is 8. The predicted molar refractivity (Wildman–Crippen MR) is 122 cm³/mol. The van der Waals surface area contributed by atoms with Crippen LogP contribution < -0.4 is 4.74 Å². The average Bonchev–Trinajstić information content (AvgIpc) is 3.07. The summed E-state index contributed by atoms with van der Waals surface area (Å²) in [7, 11) is 0. The van der Waals surface area contributed by atoms with Gasteiger partial charge in [-0.05, 0) is 54.8 Å². The van der Waals surface area contributed by atoms with Crippen LogP contribution in [0.25, 0.3) is 0 Å². The van der Waals surface area contributed by atoms with Gasteiger partial charge < -0.3 is 4.74 Å². The summed E-state index contributed by atoms with van der Waals surface area (Å²) in [6.45, 7) is 8.64. The van der Waals surface area contributed by atoms with Crippen molar-refractivity contribution in [3.63, 3.8) is 0 Å². The van der Waals surface area contributed by atoms with Crippen molar-refractivity contribution in [1.82, 2.24) is 14.8 Å². The van der Waals surface area contributed by atoms with Crippen molar-refractivity contribution in [2.75, 3.05) is 0 Å². The van der Waals surface area contributed by atoms with Crippen LogP contribution in [0.5, 0.6) is 5.75 Å². The van der Waals surface area contributed by atoms with E-state index in [-0.39, 0.29) is 0 Å². The van der Waals surface area contributed by atoms with E-state index in [9.17, 15) is 0 Å². The molecular formula is C21H20Cl3N3OS. The van der Waals surface area contributed by atoms with Crippen LogP contribution in [0.1, 0.15) is 22.5 Å². The Labute approximate surface area is 189 Å². The molecule has 0 saturated carbocycles. The van der Waals surface area contributed by atoms with Gasteiger partial charge in [0.1, 0.15) is 12.4 Å². The Morgan fingerprint density at radius 3 is 2.45 bits per heavy atom. The van der Waals surface area contributed by atoms with Crippen molar-refractivity contribution in [2.45, 2.75) is 37.9 Å². The molecule has 0 aliphatic rings. The van der Waals surface area contributed by atoms with E-state index in [0.717, 1.165) is 38.4 Å². The number of allylic oxidation sites excluding steroid dienone is 1. The quantitative estimate of drug-likeness (QED) is 0.266. The van der Waals surface area contributed by atoms with Crippen LogP contribution in [0.3, 0.4) is 0 Å². The van der Waals surface area contributed by atoms with Crippen molar-refractivity contribution in [3.05, 3.63) is 80.6 Å². The Bertz CT molecular complexity index is 1010. The van der Waals surface area contributed by atoms with E-state index in [1.807, 2.05) is 48.8 Å². The van der Waals surface area contributed by atoms with E-state index >= 15 is 0 Å². The first kappa shape index (κ1) is 22.0. The van der Waals surface area contributed by atoms with Gasteiger partial charge in [0.05, 0.1) is 10.0 Å². The molecule has 3 aromatic rings. The van der Waals surface area contributed by atoms with Gasteiger partial charge in [-0.3, -0.25) is 4.57 Å². The fourth-order valence-electron chi connectivity index (χ4n) is 2.76. The van der Waals surface area contributed by atoms with Crippen LogP contribution in [0, 0.1) is 13.8 Å². The molecule has 0 spiro atoms. The highest BCUT2D eigenvalue weighted by atomic mass is 35.5. The Balaban J connectivity index is 1.72. The second kappa shape index (κ2) is 9.90. The molecule has 0 amide bonds. The fraction of sp³-hybridized carbons (Fsp3) is 0.238. The van der Waals surface area contributed by atoms with Crippen LogP contribution in [-0.2, 0) is 18.9 Å². The SMILES string of the molecule is C=CCn1c(COc2cc(C)c(Cl)c(C)c2)nnc1SCc1ccc(Cl)c(Cl)c1. The van der Waals surface area contributed by atoms with Gasteiger partial charge in [0.25, 0.3) is 0 Å². The largest absolute Gasteiger partial charge is 0.486 e. The van der Waals surface area contributed by atoms with E-state index in [1.54, 1.807) is 17.8 Å². The third kappa shape index (κ3) is 5.48. The molecule has 29 heavy (non-hydrogen) atoms. The number of benzene rings is 2. The van der Waals surface area contributed by atoms with Gasteiger partial charge in [0.2, 0.25) is 0 Å². The zero-order valence-electron chi connectivity index (χ0n) is 16.1. The van der Waals surface area contributed by atoms with Crippen molar-refractivity contribution in [3.8, 4) is 5.75 Å². The molecule has 3 rings (SSSR count). The summed E-state index contributed by atoms with van der Waals surface area (Å²) in [6, 6.07) is 9.45. The van der Waals surface area contributed by atoms with Crippen LogP contribution >= 0.6 is 46.6 Å². The molecule has 0 fully saturated rings. The molecule has 152 valence electrons. The van der Waals surface area contributed by atoms with Crippen LogP contribution in [-0.4, -0.2) is 14.8 Å². The number of aryl methyl sites for hydroxylation is 2. The number of hydrogen-bond donors (Lipinski definition) is 0. The zero-order valence-corrected chi connectivity index (χ0v) is 19.2. The molecule has 4 nitrogen and oxygen atoms in total. The van der Waals surface area contributed by atoms with Crippen LogP contribution in [0.15, 0.2) is 48.1 Å². The summed E-state index contributed by atoms with van der Waals surface area (Å²) >= 11 is 19.9. The van der Waals surface area contributed by atoms with Crippen LogP contribution in [0.2, 0.25) is 15.1 Å². The molecule has 0 unspecified atom stereocenters. The van der Waals surface area contributed by atoms with Gasteiger partial charge in [-0.25, -0.2) is 0 Å². The fourth-order valence-corrected chi connectivity index (χ4v) is 4.10. The molecule has 0 aliphatic heterocycles. The van der Waals surface area contributed by atoms with E-state index in [4.69, 9.17) is 39.5 Å². The van der Waals surface area contributed by atoms with Crippen molar-refractivity contribution >= 4 is 46.6 Å². The molecular weight excluding hydrogens is 449 g/mol. The number of ether oxygens (including phenoxy) is 1. The Kier molecular flexibility index (Phi) is 7.52. The lowest BCUT2D eigenvalue weighted by Crippen LogP contribution is -2.07. The van der Waals surface area contributed by atoms with Gasteiger partial charge in [0, 0.05) is 17.3 Å². The standard InChI is InChI=1S/C21H20Cl3N3OS/c1-4-7-27-19(11-28-16-8-13(2)20(24)14(3)9-16)25-26-21(27)29-12-15-5-6-17(22)18(23)10-15/h4-6,8-10H,1,7,11-12H2,2-3H3. The predicted octanol–water partition coefficient (Wildman–Crippen LogP) is 6.91. The molecule has 1 heterocycles. The molecule has 0 saturated heterocycles. The van der Waals surface area contributed by atoms with E-state index in [1.165, 1.54) is 0 Å². The normalized spacial score (nSPS) is 10.9. The third-order valence-corrected chi connectivity index (χ3v) is 6.61. The summed E-state index contributed by atoms with van der Waals surface area (Å²) in [6.07, 6.45) is 1.81. The first-order chi connectivity index (χ1) is 13.9. The second-order valence-corrected chi connectivity index (χ2v) is 8.63. The van der Waals surface area contributed by atoms with Crippen molar-refractivity contribution in [1.29, 1.82) is 0 Å². The summed E-state index contributed by atoms with van der Waals surface area (Å²) < 4.78 is 7.93. The van der Waals surface area contributed by atoms with Crippen LogP contribution in [0.4, 0.5) is 0 Å². The molecule has 1 aromatic heterocycles. The maximum Gasteiger partial charge on any atom is 0.191 e. The number of hydrogen-bond acceptors (Lipinski definition) is 4. The van der Waals surface area contributed by atoms with Crippen molar-refractivity contribution in [2.24, 2.45) is 0 Å². The lowest BCUT2D eigenvalue weighted by Gasteiger charge is -2.11. The summed E-state index contributed by atoms with van der Waals surface area (Å²) in [5.41, 5.74) is 3.02. The Morgan fingerprint density at radius 1 is 1.07 bits per heavy atom. The minimum absolute atomic E-state index is 0.300. The maximum atomic E-state index is 6.23. The van der Waals surface area contributed by atoms with Gasteiger partial charge in [0.15, 0.2) is 11.0 Å². The van der Waals surface area contributed by atoms with E-state index in [0.29, 0.717) is 28.9 Å². The summed E-state index contributed by atoms with van der Waals surface area (Å²) in [4.78, 5) is 0. The Morgan fingerprint density at radius 2 is 1.79 bits per heavy atom. The molecule has 0 atom stereocenters. The number of aromatic nitrogens is 3. The van der Waals surface area contributed by atoms with Gasteiger partial charge >= 0.3 is 0 Å². The topological polar surface area (TPSA) is 39.9 Å². The highest BCUT2D eigenvalue weighted by Crippen LogP contribution is 2.29. The number of thioether (sulfide) groups is 1. The highest BCUT2D eigenvalue weighted by molar-refractivity contribution is 7.98. The first-order valence-corrected chi connectivity index (χ1v) is 11.0. The van der Waals surface area contributed by atoms with E-state index < -0.39 is 0 Å². The first-order valence-electron chi connectivity index (χ1n) is 8.88. The highest BCUT2D eigenvalue weighted by Gasteiger charge is 2.13. The molecule has 0 N–H and O–H groups in total. The molecule has 8 heteroatoms. The third-order valence-electron chi connectivity index (χ3n) is 4.23. The smallest absolute Gasteiger partial charge is 0.191 e.